The maximum absolute atomic E-state index is 13.1. The van der Waals surface area contributed by atoms with Crippen LogP contribution in [-0.4, -0.2) is 55.2 Å². The molecule has 5 heteroatoms. The molecule has 0 radical (unpaired) electrons. The zero-order valence-corrected chi connectivity index (χ0v) is 18.4. The molecular weight excluding hydrogens is 386 g/mol. The summed E-state index contributed by atoms with van der Waals surface area (Å²) in [5.41, 5.74) is 4.11. The van der Waals surface area contributed by atoms with Gasteiger partial charge in [0.1, 0.15) is 5.75 Å². The molecule has 3 aliphatic heterocycles. The number of methoxy groups -OCH3 is 1. The highest BCUT2D eigenvalue weighted by Gasteiger charge is 2.43. The molecule has 0 unspecified atom stereocenters. The summed E-state index contributed by atoms with van der Waals surface area (Å²) in [7, 11) is 1.73. The number of hydrogen-bond acceptors (Lipinski definition) is 3. The lowest BCUT2D eigenvalue weighted by Crippen LogP contribution is -2.59. The Balaban J connectivity index is 1.27. The van der Waals surface area contributed by atoms with Gasteiger partial charge in [0, 0.05) is 38.3 Å². The third-order valence-electron chi connectivity index (χ3n) is 7.46. The van der Waals surface area contributed by atoms with E-state index in [1.165, 1.54) is 23.1 Å². The molecule has 2 aromatic rings. The molecule has 0 bridgehead atoms. The zero-order chi connectivity index (χ0) is 21.2. The first-order valence-corrected chi connectivity index (χ1v) is 11.7. The van der Waals surface area contributed by atoms with E-state index in [0.29, 0.717) is 24.5 Å². The van der Waals surface area contributed by atoms with Crippen LogP contribution in [0.3, 0.4) is 0 Å². The molecule has 1 N–H and O–H groups in total. The Morgan fingerprint density at radius 3 is 2.87 bits per heavy atom. The van der Waals surface area contributed by atoms with E-state index in [4.69, 9.17) is 4.74 Å². The minimum atomic E-state index is 0.116. The molecule has 0 saturated carbocycles. The van der Waals surface area contributed by atoms with Crippen molar-refractivity contribution in [2.24, 2.45) is 5.92 Å². The van der Waals surface area contributed by atoms with E-state index in [9.17, 15) is 4.79 Å². The van der Waals surface area contributed by atoms with E-state index in [0.717, 1.165) is 51.1 Å². The number of hydrogen-bond donors (Lipinski definition) is 1. The molecule has 2 fully saturated rings. The van der Waals surface area contributed by atoms with Crippen LogP contribution in [0, 0.1) is 5.92 Å². The van der Waals surface area contributed by atoms with Crippen LogP contribution in [0.5, 0.6) is 5.75 Å². The summed E-state index contributed by atoms with van der Waals surface area (Å²) in [6.45, 7) is 3.78. The number of fused-ring (bicyclic) bond motifs is 4. The van der Waals surface area contributed by atoms with Gasteiger partial charge in [-0.3, -0.25) is 4.90 Å². The fraction of sp³-hybridized carbons (Fsp3) is 0.500. The number of nitrogens with one attached hydrogen (secondary N) is 1. The second kappa shape index (κ2) is 8.91. The van der Waals surface area contributed by atoms with Gasteiger partial charge in [-0.25, -0.2) is 4.79 Å². The molecule has 2 amide bonds. The Hall–Kier alpha value is -2.53. The smallest absolute Gasteiger partial charge is 0.317 e. The molecule has 3 aliphatic rings. The number of rotatable bonds is 4. The number of amides is 2. The molecule has 0 aromatic heterocycles. The average Bonchev–Trinajstić information content (AvgIpc) is 2.82. The number of nitrogens with zero attached hydrogens (tertiary/aromatic N) is 2. The van der Waals surface area contributed by atoms with Crippen LogP contribution in [0.15, 0.2) is 48.5 Å². The van der Waals surface area contributed by atoms with Crippen LogP contribution < -0.4 is 10.1 Å². The summed E-state index contributed by atoms with van der Waals surface area (Å²) in [6, 6.07) is 17.8. The average molecular weight is 420 g/mol. The Morgan fingerprint density at radius 2 is 2.03 bits per heavy atom. The molecule has 0 spiro atoms. The summed E-state index contributed by atoms with van der Waals surface area (Å²) in [5.74, 6) is 1.53. The van der Waals surface area contributed by atoms with E-state index in [2.05, 4.69) is 57.6 Å². The third kappa shape index (κ3) is 4.16. The summed E-state index contributed by atoms with van der Waals surface area (Å²) >= 11 is 0. The van der Waals surface area contributed by atoms with Gasteiger partial charge in [0.2, 0.25) is 0 Å². The summed E-state index contributed by atoms with van der Waals surface area (Å²) in [6.07, 6.45) is 5.34. The Morgan fingerprint density at radius 1 is 1.16 bits per heavy atom. The summed E-state index contributed by atoms with van der Waals surface area (Å²) in [5, 5.41) is 3.20. The summed E-state index contributed by atoms with van der Waals surface area (Å²) < 4.78 is 5.45. The van der Waals surface area contributed by atoms with Crippen LogP contribution in [0.2, 0.25) is 0 Å². The largest absolute Gasteiger partial charge is 0.497 e. The highest BCUT2D eigenvalue weighted by molar-refractivity contribution is 5.74. The van der Waals surface area contributed by atoms with Gasteiger partial charge in [-0.05, 0) is 66.8 Å². The number of piperidine rings is 2. The molecule has 3 atom stereocenters. The topological polar surface area (TPSA) is 44.8 Å². The molecule has 0 aliphatic carbocycles. The van der Waals surface area contributed by atoms with Gasteiger partial charge in [-0.15, -0.1) is 0 Å². The van der Waals surface area contributed by atoms with E-state index in [1.54, 1.807) is 7.11 Å². The number of benzene rings is 2. The fourth-order valence-electron chi connectivity index (χ4n) is 5.87. The van der Waals surface area contributed by atoms with E-state index < -0.39 is 0 Å². The maximum atomic E-state index is 13.1. The van der Waals surface area contributed by atoms with Crippen molar-refractivity contribution in [3.05, 3.63) is 65.2 Å². The quantitative estimate of drug-likeness (QED) is 0.814. The monoisotopic (exact) mass is 419 g/mol. The standard InChI is InChI=1S/C26H33N3O2/c1-31-22-9-10-23-20(16-22)12-15-28-18-21-8-5-14-29(24(21)17-25(23)28)26(30)27-13-11-19-6-3-2-4-7-19/h2-4,6-7,9-10,16,21,24-25H,5,8,11-15,17-18H2,1H3,(H,27,30)/t21-,24+,25-/m1/s1. The van der Waals surface area contributed by atoms with Crippen molar-refractivity contribution in [3.8, 4) is 5.75 Å². The van der Waals surface area contributed by atoms with E-state index in [-0.39, 0.29) is 6.03 Å². The highest BCUT2D eigenvalue weighted by Crippen LogP contribution is 2.43. The molecule has 3 heterocycles. The van der Waals surface area contributed by atoms with Crippen molar-refractivity contribution in [2.75, 3.05) is 33.3 Å². The third-order valence-corrected chi connectivity index (χ3v) is 7.46. The molecule has 2 aromatic carbocycles. The number of ether oxygens (including phenoxy) is 1. The van der Waals surface area contributed by atoms with Crippen molar-refractivity contribution in [2.45, 2.75) is 44.2 Å². The van der Waals surface area contributed by atoms with Gasteiger partial charge in [-0.2, -0.15) is 0 Å². The number of likely N-dealkylation sites (tertiary alicyclic amines) is 1. The number of carbonyl (C=O) groups excluding carboxylic acids is 1. The van der Waals surface area contributed by atoms with Crippen LogP contribution in [0.25, 0.3) is 0 Å². The predicted molar refractivity (Wildman–Crippen MR) is 122 cm³/mol. The van der Waals surface area contributed by atoms with Crippen LogP contribution >= 0.6 is 0 Å². The van der Waals surface area contributed by atoms with E-state index >= 15 is 0 Å². The van der Waals surface area contributed by atoms with Crippen molar-refractivity contribution in [1.82, 2.24) is 15.1 Å². The molecule has 164 valence electrons. The van der Waals surface area contributed by atoms with Crippen LogP contribution in [-0.2, 0) is 12.8 Å². The molecule has 31 heavy (non-hydrogen) atoms. The molecule has 5 rings (SSSR count). The van der Waals surface area contributed by atoms with Gasteiger partial charge in [0.15, 0.2) is 0 Å². The number of carbonyl (C=O) groups is 1. The minimum Gasteiger partial charge on any atom is -0.497 e. The lowest BCUT2D eigenvalue weighted by molar-refractivity contribution is 0.00576. The molecular formula is C26H33N3O2. The van der Waals surface area contributed by atoms with Gasteiger partial charge in [-0.1, -0.05) is 36.4 Å². The Kier molecular flexibility index (Phi) is 5.86. The molecule has 5 nitrogen and oxygen atoms in total. The second-order valence-corrected chi connectivity index (χ2v) is 9.19. The van der Waals surface area contributed by atoms with Crippen molar-refractivity contribution < 1.29 is 9.53 Å². The normalized spacial score (nSPS) is 25.2. The van der Waals surface area contributed by atoms with Gasteiger partial charge >= 0.3 is 6.03 Å². The minimum absolute atomic E-state index is 0.116. The van der Waals surface area contributed by atoms with Crippen molar-refractivity contribution >= 4 is 6.03 Å². The fourth-order valence-corrected chi connectivity index (χ4v) is 5.87. The lowest BCUT2D eigenvalue weighted by Gasteiger charge is -2.52. The first-order valence-electron chi connectivity index (χ1n) is 11.7. The number of urea groups is 1. The van der Waals surface area contributed by atoms with Crippen molar-refractivity contribution in [1.29, 1.82) is 0 Å². The SMILES string of the molecule is COc1ccc2c(c1)CCN1C[C@H]3CCCN(C(=O)NCCc4ccccc4)[C@H]3C[C@H]21. The van der Waals surface area contributed by atoms with Crippen LogP contribution in [0.4, 0.5) is 4.79 Å². The highest BCUT2D eigenvalue weighted by atomic mass is 16.5. The van der Waals surface area contributed by atoms with Crippen molar-refractivity contribution in [3.63, 3.8) is 0 Å². The second-order valence-electron chi connectivity index (χ2n) is 9.19. The lowest BCUT2D eigenvalue weighted by atomic mass is 9.76. The first kappa shape index (κ1) is 20.4. The predicted octanol–water partition coefficient (Wildman–Crippen LogP) is 4.03. The van der Waals surface area contributed by atoms with Gasteiger partial charge in [0.25, 0.3) is 0 Å². The zero-order valence-electron chi connectivity index (χ0n) is 18.4. The van der Waals surface area contributed by atoms with Gasteiger partial charge in [0.05, 0.1) is 7.11 Å². The van der Waals surface area contributed by atoms with Crippen LogP contribution in [0.1, 0.15) is 42.0 Å². The van der Waals surface area contributed by atoms with E-state index in [1.807, 2.05) is 6.07 Å². The maximum Gasteiger partial charge on any atom is 0.317 e. The Bertz CT molecular complexity index is 916. The summed E-state index contributed by atoms with van der Waals surface area (Å²) in [4.78, 5) is 17.9. The Labute approximate surface area is 185 Å². The molecule has 2 saturated heterocycles. The first-order chi connectivity index (χ1) is 15.2. The van der Waals surface area contributed by atoms with Gasteiger partial charge < -0.3 is 15.0 Å².